The lowest BCUT2D eigenvalue weighted by Crippen LogP contribution is -2.19. The van der Waals surface area contributed by atoms with Crippen molar-refractivity contribution < 1.29 is 0 Å². The molecule has 1 aliphatic rings. The predicted octanol–water partition coefficient (Wildman–Crippen LogP) is 3.11. The summed E-state index contributed by atoms with van der Waals surface area (Å²) in [7, 11) is 0. The molecule has 0 saturated heterocycles. The first-order valence-electron chi connectivity index (χ1n) is 6.44. The van der Waals surface area contributed by atoms with E-state index < -0.39 is 0 Å². The SMILES string of the molecule is CCc1cc(NCC2CCCC2CCl)ncn1. The standard InChI is InChI=1S/C13H20ClN3/c1-2-12-6-13(17-9-16-12)15-8-11-5-3-4-10(11)7-14/h6,9-11H,2-5,7-8H2,1H3,(H,15,16,17). The third kappa shape index (κ3) is 3.32. The molecule has 0 aromatic carbocycles. The highest BCUT2D eigenvalue weighted by atomic mass is 35.5. The molecule has 17 heavy (non-hydrogen) atoms. The lowest BCUT2D eigenvalue weighted by molar-refractivity contribution is 0.444. The van der Waals surface area contributed by atoms with E-state index in [-0.39, 0.29) is 0 Å². The summed E-state index contributed by atoms with van der Waals surface area (Å²) in [5.74, 6) is 3.11. The fraction of sp³-hybridized carbons (Fsp3) is 0.692. The van der Waals surface area contributed by atoms with E-state index in [2.05, 4.69) is 22.2 Å². The Balaban J connectivity index is 1.88. The van der Waals surface area contributed by atoms with Crippen LogP contribution in [0.5, 0.6) is 0 Å². The van der Waals surface area contributed by atoms with Gasteiger partial charge in [-0.05, 0) is 31.1 Å². The molecular weight excluding hydrogens is 234 g/mol. The molecule has 94 valence electrons. The zero-order valence-electron chi connectivity index (χ0n) is 10.3. The Morgan fingerprint density at radius 3 is 2.94 bits per heavy atom. The molecule has 1 aliphatic carbocycles. The lowest BCUT2D eigenvalue weighted by atomic mass is 9.98. The van der Waals surface area contributed by atoms with Crippen molar-refractivity contribution in [2.75, 3.05) is 17.7 Å². The topological polar surface area (TPSA) is 37.8 Å². The first-order chi connectivity index (χ1) is 8.33. The molecule has 1 fully saturated rings. The average molecular weight is 254 g/mol. The van der Waals surface area contributed by atoms with E-state index in [4.69, 9.17) is 11.6 Å². The number of alkyl halides is 1. The number of nitrogens with one attached hydrogen (secondary N) is 1. The van der Waals surface area contributed by atoms with E-state index in [1.165, 1.54) is 19.3 Å². The van der Waals surface area contributed by atoms with Gasteiger partial charge in [0.25, 0.3) is 0 Å². The summed E-state index contributed by atoms with van der Waals surface area (Å²) in [6.45, 7) is 3.09. The van der Waals surface area contributed by atoms with Crippen molar-refractivity contribution in [3.05, 3.63) is 18.1 Å². The van der Waals surface area contributed by atoms with Crippen LogP contribution in [0.4, 0.5) is 5.82 Å². The van der Waals surface area contributed by atoms with Crippen molar-refractivity contribution in [3.8, 4) is 0 Å². The molecule has 1 N–H and O–H groups in total. The van der Waals surface area contributed by atoms with Gasteiger partial charge in [-0.2, -0.15) is 0 Å². The number of anilines is 1. The molecule has 1 aromatic heterocycles. The third-order valence-electron chi connectivity index (χ3n) is 3.65. The monoisotopic (exact) mass is 253 g/mol. The predicted molar refractivity (Wildman–Crippen MR) is 71.5 cm³/mol. The average Bonchev–Trinajstić information content (AvgIpc) is 2.84. The van der Waals surface area contributed by atoms with Gasteiger partial charge in [-0.15, -0.1) is 11.6 Å². The highest BCUT2D eigenvalue weighted by molar-refractivity contribution is 6.18. The van der Waals surface area contributed by atoms with Crippen LogP contribution in [0.2, 0.25) is 0 Å². The van der Waals surface area contributed by atoms with Gasteiger partial charge in [0.15, 0.2) is 0 Å². The molecule has 4 heteroatoms. The molecular formula is C13H20ClN3. The number of nitrogens with zero attached hydrogens (tertiary/aromatic N) is 2. The molecule has 0 radical (unpaired) electrons. The molecule has 0 amide bonds. The van der Waals surface area contributed by atoms with Crippen molar-refractivity contribution in [1.29, 1.82) is 0 Å². The Morgan fingerprint density at radius 2 is 2.18 bits per heavy atom. The minimum Gasteiger partial charge on any atom is -0.370 e. The number of rotatable bonds is 5. The van der Waals surface area contributed by atoms with E-state index >= 15 is 0 Å². The molecule has 2 unspecified atom stereocenters. The van der Waals surface area contributed by atoms with Crippen molar-refractivity contribution in [2.24, 2.45) is 11.8 Å². The van der Waals surface area contributed by atoms with Crippen LogP contribution in [-0.4, -0.2) is 22.4 Å². The van der Waals surface area contributed by atoms with Gasteiger partial charge in [-0.1, -0.05) is 13.3 Å². The minimum atomic E-state index is 0.677. The normalized spacial score (nSPS) is 23.9. The molecule has 2 atom stereocenters. The Labute approximate surface area is 108 Å². The number of hydrogen-bond acceptors (Lipinski definition) is 3. The van der Waals surface area contributed by atoms with Gasteiger partial charge in [0.2, 0.25) is 0 Å². The van der Waals surface area contributed by atoms with Gasteiger partial charge in [-0.3, -0.25) is 0 Å². The van der Waals surface area contributed by atoms with Crippen LogP contribution in [0, 0.1) is 11.8 Å². The van der Waals surface area contributed by atoms with Crippen LogP contribution in [0.25, 0.3) is 0 Å². The molecule has 1 aromatic rings. The summed E-state index contributed by atoms with van der Waals surface area (Å²) in [5, 5.41) is 3.42. The molecule has 2 rings (SSSR count). The Bertz CT molecular complexity index is 356. The van der Waals surface area contributed by atoms with Crippen molar-refractivity contribution in [3.63, 3.8) is 0 Å². The summed E-state index contributed by atoms with van der Waals surface area (Å²) in [4.78, 5) is 8.44. The van der Waals surface area contributed by atoms with Crippen LogP contribution in [0.15, 0.2) is 12.4 Å². The van der Waals surface area contributed by atoms with Crippen LogP contribution < -0.4 is 5.32 Å². The van der Waals surface area contributed by atoms with Gasteiger partial charge in [-0.25, -0.2) is 9.97 Å². The zero-order chi connectivity index (χ0) is 12.1. The number of aromatic nitrogens is 2. The minimum absolute atomic E-state index is 0.677. The first-order valence-corrected chi connectivity index (χ1v) is 6.97. The summed E-state index contributed by atoms with van der Waals surface area (Å²) in [6.07, 6.45) is 6.46. The summed E-state index contributed by atoms with van der Waals surface area (Å²) in [5.41, 5.74) is 1.09. The summed E-state index contributed by atoms with van der Waals surface area (Å²) < 4.78 is 0. The smallest absolute Gasteiger partial charge is 0.129 e. The summed E-state index contributed by atoms with van der Waals surface area (Å²) >= 11 is 5.98. The van der Waals surface area contributed by atoms with E-state index in [1.54, 1.807) is 6.33 Å². The van der Waals surface area contributed by atoms with Crippen molar-refractivity contribution in [1.82, 2.24) is 9.97 Å². The highest BCUT2D eigenvalue weighted by Crippen LogP contribution is 2.32. The summed E-state index contributed by atoms with van der Waals surface area (Å²) in [6, 6.07) is 2.03. The molecule has 1 saturated carbocycles. The maximum Gasteiger partial charge on any atom is 0.129 e. The van der Waals surface area contributed by atoms with E-state index in [0.29, 0.717) is 11.8 Å². The number of aryl methyl sites for hydroxylation is 1. The Hall–Kier alpha value is -0.830. The number of hydrogen-bond donors (Lipinski definition) is 1. The quantitative estimate of drug-likeness (QED) is 0.820. The third-order valence-corrected chi connectivity index (χ3v) is 4.04. The Kier molecular flexibility index (Phi) is 4.60. The van der Waals surface area contributed by atoms with Crippen molar-refractivity contribution >= 4 is 17.4 Å². The van der Waals surface area contributed by atoms with E-state index in [9.17, 15) is 0 Å². The van der Waals surface area contributed by atoms with E-state index in [1.807, 2.05) is 6.07 Å². The van der Waals surface area contributed by atoms with Gasteiger partial charge in [0.05, 0.1) is 0 Å². The van der Waals surface area contributed by atoms with Gasteiger partial charge in [0, 0.05) is 24.2 Å². The molecule has 0 aliphatic heterocycles. The van der Waals surface area contributed by atoms with Gasteiger partial charge in [0.1, 0.15) is 12.1 Å². The van der Waals surface area contributed by atoms with E-state index in [0.717, 1.165) is 30.4 Å². The second-order valence-electron chi connectivity index (χ2n) is 4.73. The maximum absolute atomic E-state index is 5.98. The molecule has 0 spiro atoms. The van der Waals surface area contributed by atoms with Crippen LogP contribution in [-0.2, 0) is 6.42 Å². The van der Waals surface area contributed by atoms with Crippen LogP contribution >= 0.6 is 11.6 Å². The van der Waals surface area contributed by atoms with Crippen LogP contribution in [0.1, 0.15) is 31.9 Å². The molecule has 1 heterocycles. The molecule has 0 bridgehead atoms. The van der Waals surface area contributed by atoms with Crippen molar-refractivity contribution in [2.45, 2.75) is 32.6 Å². The molecule has 3 nitrogen and oxygen atoms in total. The van der Waals surface area contributed by atoms with Gasteiger partial charge < -0.3 is 5.32 Å². The fourth-order valence-corrected chi connectivity index (χ4v) is 2.92. The zero-order valence-corrected chi connectivity index (χ0v) is 11.1. The van der Waals surface area contributed by atoms with Crippen LogP contribution in [0.3, 0.4) is 0 Å². The van der Waals surface area contributed by atoms with Gasteiger partial charge >= 0.3 is 0 Å². The number of halogens is 1. The lowest BCUT2D eigenvalue weighted by Gasteiger charge is -2.17. The first kappa shape index (κ1) is 12.6. The largest absolute Gasteiger partial charge is 0.370 e. The second-order valence-corrected chi connectivity index (χ2v) is 5.04. The maximum atomic E-state index is 5.98. The second kappa shape index (κ2) is 6.20. The fourth-order valence-electron chi connectivity index (χ4n) is 2.51. The Morgan fingerprint density at radius 1 is 1.35 bits per heavy atom. The highest BCUT2D eigenvalue weighted by Gasteiger charge is 2.26.